The number of hydrogen-bond donors (Lipinski definition) is 0. The minimum atomic E-state index is -0.427. The van der Waals surface area contributed by atoms with Crippen LogP contribution in [0.15, 0.2) is 12.1 Å². The summed E-state index contributed by atoms with van der Waals surface area (Å²) in [5, 5.41) is 8.98. The van der Waals surface area contributed by atoms with Crippen LogP contribution < -0.4 is 4.74 Å². The van der Waals surface area contributed by atoms with Gasteiger partial charge in [0.1, 0.15) is 11.3 Å². The molecule has 90 valence electrons. The Morgan fingerprint density at radius 2 is 2.12 bits per heavy atom. The highest BCUT2D eigenvalue weighted by atomic mass is 16.5. The van der Waals surface area contributed by atoms with Crippen molar-refractivity contribution in [2.45, 2.75) is 20.3 Å². The lowest BCUT2D eigenvalue weighted by atomic mass is 10.0. The molecule has 0 heterocycles. The van der Waals surface area contributed by atoms with E-state index in [1.165, 1.54) is 7.11 Å². The van der Waals surface area contributed by atoms with Gasteiger partial charge in [0.05, 0.1) is 25.3 Å². The SMILES string of the molecule is CCOC(=O)c1cc(CC)c(C#N)cc1OC. The molecule has 0 aliphatic rings. The molecule has 0 amide bonds. The minimum absolute atomic E-state index is 0.309. The summed E-state index contributed by atoms with van der Waals surface area (Å²) in [6, 6.07) is 5.32. The third-order valence-electron chi connectivity index (χ3n) is 2.42. The summed E-state index contributed by atoms with van der Waals surface area (Å²) in [6.45, 7) is 3.98. The quantitative estimate of drug-likeness (QED) is 0.749. The van der Waals surface area contributed by atoms with Crippen LogP contribution in [0.1, 0.15) is 35.3 Å². The second kappa shape index (κ2) is 5.90. The van der Waals surface area contributed by atoms with Crippen molar-refractivity contribution in [2.75, 3.05) is 13.7 Å². The Morgan fingerprint density at radius 3 is 2.59 bits per heavy atom. The van der Waals surface area contributed by atoms with Gasteiger partial charge in [-0.3, -0.25) is 0 Å². The molecule has 1 aromatic carbocycles. The van der Waals surface area contributed by atoms with Crippen molar-refractivity contribution in [1.29, 1.82) is 5.26 Å². The minimum Gasteiger partial charge on any atom is -0.496 e. The van der Waals surface area contributed by atoms with Gasteiger partial charge in [0.2, 0.25) is 0 Å². The van der Waals surface area contributed by atoms with Crippen LogP contribution >= 0.6 is 0 Å². The molecule has 0 radical (unpaired) electrons. The maximum Gasteiger partial charge on any atom is 0.341 e. The first kappa shape index (κ1) is 13.0. The van der Waals surface area contributed by atoms with E-state index in [4.69, 9.17) is 14.7 Å². The molecule has 0 saturated heterocycles. The molecule has 4 nitrogen and oxygen atoms in total. The van der Waals surface area contributed by atoms with Gasteiger partial charge in [0.15, 0.2) is 0 Å². The summed E-state index contributed by atoms with van der Waals surface area (Å²) >= 11 is 0. The number of carbonyl (C=O) groups is 1. The molecule has 4 heteroatoms. The first-order valence-electron chi connectivity index (χ1n) is 5.46. The van der Waals surface area contributed by atoms with Crippen LogP contribution in [0.4, 0.5) is 0 Å². The van der Waals surface area contributed by atoms with Crippen LogP contribution in [-0.2, 0) is 11.2 Å². The summed E-state index contributed by atoms with van der Waals surface area (Å²) in [6.07, 6.45) is 0.680. The lowest BCUT2D eigenvalue weighted by Crippen LogP contribution is -2.08. The fourth-order valence-corrected chi connectivity index (χ4v) is 1.56. The number of nitriles is 1. The van der Waals surface area contributed by atoms with Gasteiger partial charge in [-0.2, -0.15) is 5.26 Å². The second-order valence-electron chi connectivity index (χ2n) is 3.40. The van der Waals surface area contributed by atoms with Gasteiger partial charge in [-0.05, 0) is 31.0 Å². The Bertz CT molecular complexity index is 460. The molecule has 0 unspecified atom stereocenters. The molecule has 1 aromatic rings. The molecule has 0 spiro atoms. The summed E-state index contributed by atoms with van der Waals surface area (Å²) < 4.78 is 10.0. The average molecular weight is 233 g/mol. The van der Waals surface area contributed by atoms with Crippen LogP contribution in [0.5, 0.6) is 5.75 Å². The number of ether oxygens (including phenoxy) is 2. The Hall–Kier alpha value is -2.02. The van der Waals surface area contributed by atoms with Crippen LogP contribution in [0.25, 0.3) is 0 Å². The van der Waals surface area contributed by atoms with Crippen LogP contribution in [0.3, 0.4) is 0 Å². The number of benzene rings is 1. The van der Waals surface area contributed by atoms with Gasteiger partial charge in [0.25, 0.3) is 0 Å². The lowest BCUT2D eigenvalue weighted by Gasteiger charge is -2.10. The number of esters is 1. The Balaban J connectivity index is 3.29. The third kappa shape index (κ3) is 2.76. The van der Waals surface area contributed by atoms with Crippen LogP contribution in [0.2, 0.25) is 0 Å². The van der Waals surface area contributed by atoms with Crippen molar-refractivity contribution in [3.63, 3.8) is 0 Å². The zero-order valence-corrected chi connectivity index (χ0v) is 10.2. The zero-order valence-electron chi connectivity index (χ0n) is 10.2. The highest BCUT2D eigenvalue weighted by Crippen LogP contribution is 2.24. The third-order valence-corrected chi connectivity index (χ3v) is 2.42. The summed E-state index contributed by atoms with van der Waals surface area (Å²) in [5.41, 5.74) is 1.71. The van der Waals surface area contributed by atoms with E-state index in [0.29, 0.717) is 29.9 Å². The number of nitrogens with zero attached hydrogens (tertiary/aromatic N) is 1. The number of rotatable bonds is 4. The Kier molecular flexibility index (Phi) is 4.53. The molecule has 0 aliphatic carbocycles. The summed E-state index contributed by atoms with van der Waals surface area (Å²) in [7, 11) is 1.46. The molecule has 0 fully saturated rings. The molecule has 1 rings (SSSR count). The fraction of sp³-hybridized carbons (Fsp3) is 0.385. The zero-order chi connectivity index (χ0) is 12.8. The lowest BCUT2D eigenvalue weighted by molar-refractivity contribution is 0.0522. The van der Waals surface area contributed by atoms with E-state index in [1.54, 1.807) is 19.1 Å². The van der Waals surface area contributed by atoms with Crippen molar-refractivity contribution in [1.82, 2.24) is 0 Å². The molecule has 0 atom stereocenters. The summed E-state index contributed by atoms with van der Waals surface area (Å²) in [5.74, 6) is -0.0549. The highest BCUT2D eigenvalue weighted by molar-refractivity contribution is 5.93. The Labute approximate surface area is 101 Å². The number of carbonyl (C=O) groups excluding carboxylic acids is 1. The van der Waals surface area contributed by atoms with E-state index in [-0.39, 0.29) is 0 Å². The molecule has 0 aromatic heterocycles. The van der Waals surface area contributed by atoms with Gasteiger partial charge >= 0.3 is 5.97 Å². The maximum absolute atomic E-state index is 11.7. The first-order valence-corrected chi connectivity index (χ1v) is 5.46. The second-order valence-corrected chi connectivity index (χ2v) is 3.40. The van der Waals surface area contributed by atoms with Gasteiger partial charge in [-0.15, -0.1) is 0 Å². The summed E-state index contributed by atoms with van der Waals surface area (Å²) in [4.78, 5) is 11.7. The molecule has 0 N–H and O–H groups in total. The van der Waals surface area contributed by atoms with Crippen molar-refractivity contribution in [3.8, 4) is 11.8 Å². The van der Waals surface area contributed by atoms with Crippen LogP contribution in [-0.4, -0.2) is 19.7 Å². The monoisotopic (exact) mass is 233 g/mol. The highest BCUT2D eigenvalue weighted by Gasteiger charge is 2.16. The largest absolute Gasteiger partial charge is 0.496 e. The first-order chi connectivity index (χ1) is 8.17. The predicted molar refractivity (Wildman–Crippen MR) is 63.0 cm³/mol. The number of hydrogen-bond acceptors (Lipinski definition) is 4. The van der Waals surface area contributed by atoms with Crippen molar-refractivity contribution < 1.29 is 14.3 Å². The van der Waals surface area contributed by atoms with Gasteiger partial charge in [-0.1, -0.05) is 6.92 Å². The molecular weight excluding hydrogens is 218 g/mol. The average Bonchev–Trinajstić information content (AvgIpc) is 2.37. The number of aryl methyl sites for hydroxylation is 1. The smallest absolute Gasteiger partial charge is 0.341 e. The van der Waals surface area contributed by atoms with Gasteiger partial charge < -0.3 is 9.47 Å². The van der Waals surface area contributed by atoms with E-state index >= 15 is 0 Å². The van der Waals surface area contributed by atoms with E-state index in [0.717, 1.165) is 5.56 Å². The van der Waals surface area contributed by atoms with E-state index in [1.807, 2.05) is 6.92 Å². The molecule has 0 saturated carbocycles. The maximum atomic E-state index is 11.7. The topological polar surface area (TPSA) is 59.3 Å². The molecular formula is C13H15NO3. The molecule has 17 heavy (non-hydrogen) atoms. The van der Waals surface area contributed by atoms with E-state index in [9.17, 15) is 4.79 Å². The fourth-order valence-electron chi connectivity index (χ4n) is 1.56. The number of methoxy groups -OCH3 is 1. The van der Waals surface area contributed by atoms with Gasteiger partial charge in [0, 0.05) is 0 Å². The van der Waals surface area contributed by atoms with Gasteiger partial charge in [-0.25, -0.2) is 4.79 Å². The molecule has 0 bridgehead atoms. The Morgan fingerprint density at radius 1 is 1.41 bits per heavy atom. The van der Waals surface area contributed by atoms with Crippen molar-refractivity contribution >= 4 is 5.97 Å². The normalized spacial score (nSPS) is 9.53. The van der Waals surface area contributed by atoms with Crippen molar-refractivity contribution in [2.24, 2.45) is 0 Å². The van der Waals surface area contributed by atoms with Crippen LogP contribution in [0, 0.1) is 11.3 Å². The predicted octanol–water partition coefficient (Wildman–Crippen LogP) is 2.31. The van der Waals surface area contributed by atoms with Crippen molar-refractivity contribution in [3.05, 3.63) is 28.8 Å². The van der Waals surface area contributed by atoms with E-state index < -0.39 is 5.97 Å². The standard InChI is InChI=1S/C13H15NO3/c1-4-9-6-11(13(15)17-5-2)12(16-3)7-10(9)8-14/h6-7H,4-5H2,1-3H3. The molecule has 0 aliphatic heterocycles. The van der Waals surface area contributed by atoms with E-state index in [2.05, 4.69) is 6.07 Å².